The summed E-state index contributed by atoms with van der Waals surface area (Å²) in [5.41, 5.74) is 36.3. The Morgan fingerprint density at radius 1 is 0.0985 bits per heavy atom. The summed E-state index contributed by atoms with van der Waals surface area (Å²) >= 11 is 0. The van der Waals surface area contributed by atoms with Gasteiger partial charge < -0.3 is 27.4 Å². The monoisotopic (exact) mass is 1680 g/mol. The lowest BCUT2D eigenvalue weighted by Crippen LogP contribution is -1.94. The van der Waals surface area contributed by atoms with Gasteiger partial charge in [0.2, 0.25) is 0 Å². The lowest BCUT2D eigenvalue weighted by atomic mass is 9.98. The Balaban J connectivity index is 0.000000106. The van der Waals surface area contributed by atoms with Gasteiger partial charge in [-0.1, -0.05) is 358 Å². The summed E-state index contributed by atoms with van der Waals surface area (Å²) in [4.78, 5) is 0. The van der Waals surface area contributed by atoms with Crippen molar-refractivity contribution < 1.29 is 0 Å². The number of rotatable bonds is 12. The predicted molar refractivity (Wildman–Crippen MR) is 558 cm³/mol. The van der Waals surface area contributed by atoms with E-state index in [1.165, 1.54) is 215 Å². The second-order valence-corrected chi connectivity index (χ2v) is 34.2. The summed E-state index contributed by atoms with van der Waals surface area (Å²) in [7, 11) is 0. The van der Waals surface area contributed by atoms with Gasteiger partial charge in [0.1, 0.15) is 0 Å². The van der Waals surface area contributed by atoms with Crippen molar-refractivity contribution in [2.24, 2.45) is 0 Å². The SMILES string of the molecule is c1ccc(-c2ccc(-n3c4ccccc4c4c(-c5ccc6c(c5)c5ccccc5n6-c5ccccc5)cccc43)cc2)cc1.c1ccc(-c2ccc(-n3c4ccccc4c4ccc(-c5cccc6c5c5ccccc5n6-c5ccccc5)cc43)cc2)cc1.c1ccc(-c2cccc(-n3c4ccccc4c4c(-c5ccc6c7ccccc7n(-c7ccccc7)c6c5)cccc43)c2)cc1. The average molecular weight is 1680 g/mol. The van der Waals surface area contributed by atoms with Crippen LogP contribution in [0.5, 0.6) is 0 Å². The van der Waals surface area contributed by atoms with Crippen molar-refractivity contribution in [2.75, 3.05) is 0 Å². The highest BCUT2D eigenvalue weighted by Crippen LogP contribution is 2.47. The molecule has 0 atom stereocenters. The Labute approximate surface area is 763 Å². The third-order valence-corrected chi connectivity index (χ3v) is 26.8. The molecule has 0 saturated heterocycles. The van der Waals surface area contributed by atoms with Gasteiger partial charge in [-0.2, -0.15) is 0 Å². The van der Waals surface area contributed by atoms with Crippen LogP contribution < -0.4 is 0 Å². The van der Waals surface area contributed by atoms with E-state index in [1.807, 2.05) is 0 Å². The fourth-order valence-corrected chi connectivity index (χ4v) is 20.9. The van der Waals surface area contributed by atoms with E-state index in [1.54, 1.807) is 0 Å². The van der Waals surface area contributed by atoms with Crippen molar-refractivity contribution in [3.63, 3.8) is 0 Å². The van der Waals surface area contributed by atoms with E-state index in [4.69, 9.17) is 0 Å². The van der Waals surface area contributed by atoms with Crippen molar-refractivity contribution in [3.8, 4) is 101 Å². The standard InChI is InChI=1S/3C42H28N2/c1-3-13-29(14-4-1)30-15-11-18-33(27-30)44-39-23-10-8-20-37(39)42-34(21-12-24-40(42)44)31-25-26-36-35-19-7-9-22-38(35)43(41(36)28-31)32-16-5-2-6-17-32;1-3-12-29(13-4-1)30-22-25-33(26-23-30)44-38-19-9-7-16-35(38)36-27-24-31(28-41(36)44)34-18-11-21-40-42(34)37-17-8-10-20-39(37)43(40)32-14-5-2-6-15-32;1-3-12-29(13-4-1)30-22-25-33(26-23-30)44-39-20-10-8-17-36(39)42-34(18-11-21-41(42)44)31-24-27-40-37(28-31)35-16-7-9-19-38(35)43(40)32-14-5-2-6-15-32/h3*1-28H. The third kappa shape index (κ3) is 13.0. The second-order valence-electron chi connectivity index (χ2n) is 34.2. The number of hydrogen-bond donors (Lipinski definition) is 0. The largest absolute Gasteiger partial charge is 0.309 e. The van der Waals surface area contributed by atoms with Gasteiger partial charge in [-0.05, 0) is 218 Å². The number of benzene rings is 21. The van der Waals surface area contributed by atoms with Gasteiger partial charge in [0.05, 0.1) is 66.2 Å². The molecular weight excluding hydrogens is 1600 g/mol. The zero-order valence-corrected chi connectivity index (χ0v) is 72.2. The molecule has 0 aliphatic heterocycles. The predicted octanol–water partition coefficient (Wildman–Crippen LogP) is 33.6. The average Bonchev–Trinajstić information content (AvgIpc) is 1.58. The minimum absolute atomic E-state index is 1.16. The van der Waals surface area contributed by atoms with Gasteiger partial charge in [0.15, 0.2) is 0 Å². The Morgan fingerprint density at radius 2 is 0.318 bits per heavy atom. The second kappa shape index (κ2) is 32.4. The van der Waals surface area contributed by atoms with Crippen molar-refractivity contribution >= 4 is 131 Å². The van der Waals surface area contributed by atoms with E-state index in [9.17, 15) is 0 Å². The molecule has 618 valence electrons. The highest BCUT2D eigenvalue weighted by molar-refractivity contribution is 6.21. The van der Waals surface area contributed by atoms with Gasteiger partial charge in [0.25, 0.3) is 0 Å². The fraction of sp³-hybridized carbons (Fsp3) is 0. The first-order valence-corrected chi connectivity index (χ1v) is 45.4. The molecule has 0 unspecified atom stereocenters. The van der Waals surface area contributed by atoms with E-state index in [0.29, 0.717) is 0 Å². The quantitative estimate of drug-likeness (QED) is 0.117. The van der Waals surface area contributed by atoms with E-state index >= 15 is 0 Å². The lowest BCUT2D eigenvalue weighted by Gasteiger charge is -2.11. The summed E-state index contributed by atoms with van der Waals surface area (Å²) in [6.07, 6.45) is 0. The Hall–Kier alpha value is -17.6. The molecule has 0 aliphatic rings. The maximum atomic E-state index is 2.42. The number of para-hydroxylation sites is 9. The zero-order chi connectivity index (χ0) is 87.1. The van der Waals surface area contributed by atoms with Crippen LogP contribution in [-0.4, -0.2) is 27.4 Å². The maximum absolute atomic E-state index is 2.42. The van der Waals surface area contributed by atoms with Crippen LogP contribution in [-0.2, 0) is 0 Å². The fourth-order valence-electron chi connectivity index (χ4n) is 20.9. The van der Waals surface area contributed by atoms with Crippen molar-refractivity contribution in [3.05, 3.63) is 510 Å². The van der Waals surface area contributed by atoms with Crippen LogP contribution in [0, 0.1) is 0 Å². The highest BCUT2D eigenvalue weighted by Gasteiger charge is 2.24. The van der Waals surface area contributed by atoms with Crippen LogP contribution in [0.2, 0.25) is 0 Å². The summed E-state index contributed by atoms with van der Waals surface area (Å²) in [5, 5.41) is 15.2. The first-order chi connectivity index (χ1) is 65.5. The number of hydrogen-bond acceptors (Lipinski definition) is 0. The van der Waals surface area contributed by atoms with Crippen LogP contribution >= 0.6 is 0 Å². The molecular formula is C126H84N6. The lowest BCUT2D eigenvalue weighted by molar-refractivity contribution is 1.18. The topological polar surface area (TPSA) is 29.6 Å². The smallest absolute Gasteiger partial charge is 0.0547 e. The number of fused-ring (bicyclic) bond motifs is 18. The van der Waals surface area contributed by atoms with Crippen LogP contribution in [0.15, 0.2) is 510 Å². The normalized spacial score (nSPS) is 11.6. The molecule has 0 fully saturated rings. The van der Waals surface area contributed by atoms with E-state index < -0.39 is 0 Å². The molecule has 27 rings (SSSR count). The van der Waals surface area contributed by atoms with E-state index in [0.717, 1.165) is 17.1 Å². The van der Waals surface area contributed by atoms with Crippen LogP contribution in [0.25, 0.3) is 232 Å². The van der Waals surface area contributed by atoms with E-state index in [-0.39, 0.29) is 0 Å². The van der Waals surface area contributed by atoms with Gasteiger partial charge in [-0.3, -0.25) is 0 Å². The molecule has 6 aromatic heterocycles. The molecule has 0 spiro atoms. The Morgan fingerprint density at radius 3 is 0.697 bits per heavy atom. The summed E-state index contributed by atoms with van der Waals surface area (Å²) < 4.78 is 14.4. The molecule has 0 bridgehead atoms. The highest BCUT2D eigenvalue weighted by atomic mass is 15.0. The van der Waals surface area contributed by atoms with Crippen LogP contribution in [0.3, 0.4) is 0 Å². The van der Waals surface area contributed by atoms with Crippen molar-refractivity contribution in [1.82, 2.24) is 27.4 Å². The third-order valence-electron chi connectivity index (χ3n) is 26.8. The van der Waals surface area contributed by atoms with Gasteiger partial charge in [0, 0.05) is 98.8 Å². The van der Waals surface area contributed by atoms with Gasteiger partial charge >= 0.3 is 0 Å². The van der Waals surface area contributed by atoms with Gasteiger partial charge in [-0.25, -0.2) is 0 Å². The van der Waals surface area contributed by atoms with Crippen molar-refractivity contribution in [2.45, 2.75) is 0 Å². The summed E-state index contributed by atoms with van der Waals surface area (Å²) in [6, 6.07) is 184. The van der Waals surface area contributed by atoms with Gasteiger partial charge in [-0.15, -0.1) is 0 Å². The first-order valence-electron chi connectivity index (χ1n) is 45.4. The van der Waals surface area contributed by atoms with Crippen molar-refractivity contribution in [1.29, 1.82) is 0 Å². The molecule has 27 aromatic rings. The maximum Gasteiger partial charge on any atom is 0.0547 e. The summed E-state index contributed by atoms with van der Waals surface area (Å²) in [5.74, 6) is 0. The Bertz CT molecular complexity index is 9090. The Kier molecular flexibility index (Phi) is 18.8. The minimum atomic E-state index is 1.16. The molecule has 0 aliphatic carbocycles. The van der Waals surface area contributed by atoms with Crippen LogP contribution in [0.4, 0.5) is 0 Å². The molecule has 0 N–H and O–H groups in total. The molecule has 132 heavy (non-hydrogen) atoms. The van der Waals surface area contributed by atoms with E-state index in [2.05, 4.69) is 537 Å². The molecule has 6 heteroatoms. The molecule has 0 radical (unpaired) electrons. The first kappa shape index (κ1) is 76.8. The molecule has 21 aromatic carbocycles. The minimum Gasteiger partial charge on any atom is -0.309 e. The zero-order valence-electron chi connectivity index (χ0n) is 72.2. The van der Waals surface area contributed by atoms with Crippen LogP contribution in [0.1, 0.15) is 0 Å². The molecule has 0 saturated carbocycles. The molecule has 6 heterocycles. The number of aromatic nitrogens is 6. The number of nitrogens with zero attached hydrogens (tertiary/aromatic N) is 6. The molecule has 6 nitrogen and oxygen atoms in total. The molecule has 0 amide bonds. The summed E-state index contributed by atoms with van der Waals surface area (Å²) in [6.45, 7) is 0.